The lowest BCUT2D eigenvalue weighted by Gasteiger charge is -2.44. The zero-order valence-electron chi connectivity index (χ0n) is 26.0. The third kappa shape index (κ3) is 15.0. The Morgan fingerprint density at radius 2 is 0.927 bits per heavy atom. The van der Waals surface area contributed by atoms with E-state index in [2.05, 4.69) is 0 Å². The standard InChI is InChI=1S/C31H54O10/c1-6-10-14-18-24(32)37-22-23-28(39-25(33)19-15-11-7-2)29(40-26(34)20-16-12-8-3)30(31(36-5)38-23)41-27(35)21-17-13-9-4/h23,28-31H,6-22H2,1-5H3/t23-,28-,29+,30-,31+/m1/s1. The first-order valence-corrected chi connectivity index (χ1v) is 15.7. The number of hydrogen-bond acceptors (Lipinski definition) is 10. The van der Waals surface area contributed by atoms with Crippen molar-refractivity contribution >= 4 is 23.9 Å². The van der Waals surface area contributed by atoms with Crippen LogP contribution in [-0.2, 0) is 47.6 Å². The first kappa shape index (κ1) is 36.8. The van der Waals surface area contributed by atoms with Crippen molar-refractivity contribution in [1.82, 2.24) is 0 Å². The molecule has 0 radical (unpaired) electrons. The van der Waals surface area contributed by atoms with Crippen molar-refractivity contribution in [3.63, 3.8) is 0 Å². The first-order valence-electron chi connectivity index (χ1n) is 15.7. The monoisotopic (exact) mass is 586 g/mol. The molecule has 1 heterocycles. The zero-order valence-corrected chi connectivity index (χ0v) is 26.0. The van der Waals surface area contributed by atoms with Gasteiger partial charge in [-0.1, -0.05) is 79.1 Å². The Morgan fingerprint density at radius 1 is 0.537 bits per heavy atom. The zero-order chi connectivity index (χ0) is 30.5. The van der Waals surface area contributed by atoms with Gasteiger partial charge in [0.2, 0.25) is 0 Å². The normalized spacial score (nSPS) is 22.1. The van der Waals surface area contributed by atoms with E-state index in [4.69, 9.17) is 28.4 Å². The fraction of sp³-hybridized carbons (Fsp3) is 0.871. The lowest BCUT2D eigenvalue weighted by Crippen LogP contribution is -2.63. The van der Waals surface area contributed by atoms with Crippen molar-refractivity contribution in [2.24, 2.45) is 0 Å². The van der Waals surface area contributed by atoms with Gasteiger partial charge in [-0.25, -0.2) is 0 Å². The minimum absolute atomic E-state index is 0.161. The highest BCUT2D eigenvalue weighted by Gasteiger charge is 2.53. The highest BCUT2D eigenvalue weighted by molar-refractivity contribution is 5.72. The summed E-state index contributed by atoms with van der Waals surface area (Å²) < 4.78 is 34.5. The summed E-state index contributed by atoms with van der Waals surface area (Å²) in [6, 6.07) is 0. The molecule has 0 aliphatic carbocycles. The van der Waals surface area contributed by atoms with E-state index in [0.717, 1.165) is 51.4 Å². The van der Waals surface area contributed by atoms with Gasteiger partial charge in [-0.3, -0.25) is 19.2 Å². The Labute approximate surface area is 246 Å². The molecule has 10 heteroatoms. The predicted octanol–water partition coefficient (Wildman–Crippen LogP) is 5.96. The van der Waals surface area contributed by atoms with Crippen molar-refractivity contribution in [2.75, 3.05) is 13.7 Å². The number of ether oxygens (including phenoxy) is 6. The largest absolute Gasteiger partial charge is 0.463 e. The molecule has 0 aromatic heterocycles. The van der Waals surface area contributed by atoms with Gasteiger partial charge in [0.05, 0.1) is 0 Å². The summed E-state index contributed by atoms with van der Waals surface area (Å²) in [7, 11) is 1.38. The number of esters is 4. The number of methoxy groups -OCH3 is 1. The molecule has 238 valence electrons. The first-order chi connectivity index (χ1) is 19.8. The van der Waals surface area contributed by atoms with Crippen LogP contribution < -0.4 is 0 Å². The van der Waals surface area contributed by atoms with Crippen LogP contribution in [0.3, 0.4) is 0 Å². The van der Waals surface area contributed by atoms with E-state index in [1.54, 1.807) is 0 Å². The summed E-state index contributed by atoms with van der Waals surface area (Å²) in [5.41, 5.74) is 0. The van der Waals surface area contributed by atoms with Crippen LogP contribution in [0.2, 0.25) is 0 Å². The fourth-order valence-corrected chi connectivity index (χ4v) is 4.56. The van der Waals surface area contributed by atoms with E-state index in [9.17, 15) is 19.2 Å². The van der Waals surface area contributed by atoms with Crippen LogP contribution in [0, 0.1) is 0 Å². The van der Waals surface area contributed by atoms with Crippen molar-refractivity contribution in [3.05, 3.63) is 0 Å². The van der Waals surface area contributed by atoms with Gasteiger partial charge in [0.25, 0.3) is 0 Å². The molecule has 0 bridgehead atoms. The third-order valence-electron chi connectivity index (χ3n) is 6.97. The Balaban J connectivity index is 3.25. The van der Waals surface area contributed by atoms with E-state index in [1.807, 2.05) is 27.7 Å². The molecule has 5 atom stereocenters. The van der Waals surface area contributed by atoms with Crippen LogP contribution in [0.15, 0.2) is 0 Å². The average molecular weight is 587 g/mol. The third-order valence-corrected chi connectivity index (χ3v) is 6.97. The van der Waals surface area contributed by atoms with E-state index in [0.29, 0.717) is 25.7 Å². The topological polar surface area (TPSA) is 124 Å². The quantitative estimate of drug-likeness (QED) is 0.0853. The van der Waals surface area contributed by atoms with Crippen LogP contribution in [0.4, 0.5) is 0 Å². The van der Waals surface area contributed by atoms with Gasteiger partial charge in [-0.15, -0.1) is 0 Å². The number of unbranched alkanes of at least 4 members (excludes halogenated alkanes) is 8. The molecule has 0 aromatic rings. The fourth-order valence-electron chi connectivity index (χ4n) is 4.56. The molecule has 1 aliphatic rings. The second-order valence-corrected chi connectivity index (χ2v) is 10.7. The molecule has 0 saturated carbocycles. The van der Waals surface area contributed by atoms with Gasteiger partial charge in [-0.05, 0) is 25.7 Å². The molecule has 1 saturated heterocycles. The number of rotatable bonds is 22. The highest BCUT2D eigenvalue weighted by Crippen LogP contribution is 2.31. The van der Waals surface area contributed by atoms with Crippen molar-refractivity contribution < 1.29 is 47.6 Å². The van der Waals surface area contributed by atoms with Crippen LogP contribution in [0.25, 0.3) is 0 Å². The molecule has 0 aromatic carbocycles. The molecule has 0 unspecified atom stereocenters. The summed E-state index contributed by atoms with van der Waals surface area (Å²) in [5, 5.41) is 0. The highest BCUT2D eigenvalue weighted by atomic mass is 16.7. The van der Waals surface area contributed by atoms with Gasteiger partial charge in [-0.2, -0.15) is 0 Å². The van der Waals surface area contributed by atoms with E-state index < -0.39 is 54.6 Å². The molecule has 41 heavy (non-hydrogen) atoms. The van der Waals surface area contributed by atoms with E-state index in [-0.39, 0.29) is 32.3 Å². The second kappa shape index (κ2) is 22.4. The Morgan fingerprint density at radius 3 is 1.34 bits per heavy atom. The van der Waals surface area contributed by atoms with Crippen molar-refractivity contribution in [1.29, 1.82) is 0 Å². The number of carbonyl (C=O) groups is 4. The molecule has 0 N–H and O–H groups in total. The average Bonchev–Trinajstić information content (AvgIpc) is 2.94. The van der Waals surface area contributed by atoms with Gasteiger partial charge in [0, 0.05) is 32.8 Å². The molecule has 1 fully saturated rings. The Hall–Kier alpha value is -2.20. The maximum Gasteiger partial charge on any atom is 0.306 e. The van der Waals surface area contributed by atoms with Gasteiger partial charge < -0.3 is 28.4 Å². The van der Waals surface area contributed by atoms with Crippen LogP contribution in [0.5, 0.6) is 0 Å². The minimum Gasteiger partial charge on any atom is -0.463 e. The summed E-state index contributed by atoms with van der Waals surface area (Å²) in [6.07, 6.45) is 4.96. The Bertz CT molecular complexity index is 755. The number of carbonyl (C=O) groups excluding carboxylic acids is 4. The van der Waals surface area contributed by atoms with Crippen molar-refractivity contribution in [3.8, 4) is 0 Å². The van der Waals surface area contributed by atoms with E-state index >= 15 is 0 Å². The maximum atomic E-state index is 12.9. The molecule has 1 rings (SSSR count). The number of hydrogen-bond donors (Lipinski definition) is 0. The van der Waals surface area contributed by atoms with Gasteiger partial charge in [0.15, 0.2) is 24.6 Å². The Kier molecular flexibility index (Phi) is 20.1. The second-order valence-electron chi connectivity index (χ2n) is 10.7. The van der Waals surface area contributed by atoms with Gasteiger partial charge >= 0.3 is 23.9 Å². The summed E-state index contributed by atoms with van der Waals surface area (Å²) in [6.45, 7) is 7.90. The maximum absolute atomic E-state index is 12.9. The lowest BCUT2D eigenvalue weighted by atomic mass is 9.97. The smallest absolute Gasteiger partial charge is 0.306 e. The molecule has 0 amide bonds. The van der Waals surface area contributed by atoms with Crippen molar-refractivity contribution in [2.45, 2.75) is 161 Å². The van der Waals surface area contributed by atoms with Crippen LogP contribution in [0.1, 0.15) is 130 Å². The summed E-state index contributed by atoms with van der Waals surface area (Å²) in [4.78, 5) is 50.9. The molecule has 10 nitrogen and oxygen atoms in total. The summed E-state index contributed by atoms with van der Waals surface area (Å²) in [5.74, 6) is -1.89. The molecular weight excluding hydrogens is 532 g/mol. The summed E-state index contributed by atoms with van der Waals surface area (Å²) >= 11 is 0. The SMILES string of the molecule is CCCCCC(=O)OC[C@H]1O[C@H](OC)[C@H](OC(=O)CCCCC)[C@@H](OC(=O)CCCCC)[C@@H]1OC(=O)CCCCC. The van der Waals surface area contributed by atoms with Crippen LogP contribution >= 0.6 is 0 Å². The lowest BCUT2D eigenvalue weighted by molar-refractivity contribution is -0.303. The predicted molar refractivity (Wildman–Crippen MR) is 153 cm³/mol. The molecule has 1 aliphatic heterocycles. The molecular formula is C31H54O10. The van der Waals surface area contributed by atoms with Crippen LogP contribution in [-0.4, -0.2) is 68.3 Å². The van der Waals surface area contributed by atoms with E-state index in [1.165, 1.54) is 7.11 Å². The van der Waals surface area contributed by atoms with Gasteiger partial charge in [0.1, 0.15) is 12.7 Å². The molecule has 0 spiro atoms. The minimum atomic E-state index is -1.20.